The van der Waals surface area contributed by atoms with Gasteiger partial charge in [-0.2, -0.15) is 5.26 Å². The molecule has 1 N–H and O–H groups in total. The van der Waals surface area contributed by atoms with Gasteiger partial charge >= 0.3 is 0 Å². The van der Waals surface area contributed by atoms with E-state index in [1.165, 1.54) is 17.8 Å². The van der Waals surface area contributed by atoms with E-state index in [1.807, 2.05) is 6.07 Å². The van der Waals surface area contributed by atoms with Crippen LogP contribution >= 0.6 is 22.9 Å². The first kappa shape index (κ1) is 8.79. The molecule has 1 saturated carbocycles. The number of hydrogen-bond acceptors (Lipinski definition) is 4. The van der Waals surface area contributed by atoms with Crippen LogP contribution in [0.25, 0.3) is 0 Å². The van der Waals surface area contributed by atoms with Crippen molar-refractivity contribution < 1.29 is 0 Å². The van der Waals surface area contributed by atoms with Crippen molar-refractivity contribution in [2.45, 2.75) is 19.4 Å². The SMILES string of the molecule is CC1CC1Nc1nc(Cl)c(C#N)s1. The normalized spacial score (nSPS) is 25.3. The minimum Gasteiger partial charge on any atom is -0.358 e. The lowest BCUT2D eigenvalue weighted by Crippen LogP contribution is -2.02. The predicted octanol–water partition coefficient (Wildman–Crippen LogP) is 2.49. The molecule has 2 atom stereocenters. The molecule has 2 rings (SSSR count). The quantitative estimate of drug-likeness (QED) is 0.821. The van der Waals surface area contributed by atoms with Gasteiger partial charge in [0.25, 0.3) is 0 Å². The first-order valence-corrected chi connectivity index (χ1v) is 5.23. The maximum Gasteiger partial charge on any atom is 0.185 e. The van der Waals surface area contributed by atoms with Crippen LogP contribution in [-0.2, 0) is 0 Å². The van der Waals surface area contributed by atoms with Crippen molar-refractivity contribution in [2.24, 2.45) is 5.92 Å². The van der Waals surface area contributed by atoms with Gasteiger partial charge in [0, 0.05) is 6.04 Å². The Labute approximate surface area is 85.4 Å². The number of nitrogens with zero attached hydrogens (tertiary/aromatic N) is 2. The van der Waals surface area contributed by atoms with Gasteiger partial charge in [-0.3, -0.25) is 0 Å². The molecule has 1 fully saturated rings. The summed E-state index contributed by atoms with van der Waals surface area (Å²) in [7, 11) is 0. The van der Waals surface area contributed by atoms with Gasteiger partial charge in [0.15, 0.2) is 10.3 Å². The molecule has 1 aromatic heterocycles. The molecule has 0 radical (unpaired) electrons. The number of anilines is 1. The number of halogens is 1. The molecule has 1 aliphatic rings. The highest BCUT2D eigenvalue weighted by atomic mass is 35.5. The van der Waals surface area contributed by atoms with Crippen molar-refractivity contribution in [1.82, 2.24) is 4.98 Å². The van der Waals surface area contributed by atoms with E-state index < -0.39 is 0 Å². The Morgan fingerprint density at radius 1 is 1.77 bits per heavy atom. The Hall–Kier alpha value is -0.790. The van der Waals surface area contributed by atoms with Crippen LogP contribution in [0.4, 0.5) is 5.13 Å². The summed E-state index contributed by atoms with van der Waals surface area (Å²) >= 11 is 7.04. The summed E-state index contributed by atoms with van der Waals surface area (Å²) in [5.41, 5.74) is 0. The second kappa shape index (κ2) is 3.17. The number of aromatic nitrogens is 1. The molecular formula is C8H8ClN3S. The van der Waals surface area contributed by atoms with Crippen LogP contribution < -0.4 is 5.32 Å². The van der Waals surface area contributed by atoms with Gasteiger partial charge in [-0.05, 0) is 12.3 Å². The highest BCUT2D eigenvalue weighted by Gasteiger charge is 2.33. The van der Waals surface area contributed by atoms with Crippen LogP contribution in [0.1, 0.15) is 18.2 Å². The van der Waals surface area contributed by atoms with E-state index in [9.17, 15) is 0 Å². The summed E-state index contributed by atoms with van der Waals surface area (Å²) in [6.45, 7) is 2.18. The Bertz CT molecular complexity index is 368. The van der Waals surface area contributed by atoms with Crippen molar-refractivity contribution in [3.8, 4) is 6.07 Å². The summed E-state index contributed by atoms with van der Waals surface area (Å²) in [6, 6.07) is 2.53. The highest BCUT2D eigenvalue weighted by molar-refractivity contribution is 7.16. The number of thiazole rings is 1. The molecule has 0 saturated heterocycles. The summed E-state index contributed by atoms with van der Waals surface area (Å²) in [5.74, 6) is 0.716. The van der Waals surface area contributed by atoms with Crippen LogP contribution in [0.15, 0.2) is 0 Å². The molecule has 13 heavy (non-hydrogen) atoms. The number of rotatable bonds is 2. The average molecular weight is 214 g/mol. The molecule has 1 aromatic rings. The molecule has 2 unspecified atom stereocenters. The fourth-order valence-electron chi connectivity index (χ4n) is 1.11. The fraction of sp³-hybridized carbons (Fsp3) is 0.500. The van der Waals surface area contributed by atoms with Gasteiger partial charge in [0.1, 0.15) is 10.9 Å². The Morgan fingerprint density at radius 2 is 2.46 bits per heavy atom. The van der Waals surface area contributed by atoms with Gasteiger partial charge in [-0.15, -0.1) is 0 Å². The number of nitriles is 1. The van der Waals surface area contributed by atoms with E-state index in [0.717, 1.165) is 5.13 Å². The molecule has 0 aliphatic heterocycles. The Morgan fingerprint density at radius 3 is 2.92 bits per heavy atom. The predicted molar refractivity (Wildman–Crippen MR) is 53.0 cm³/mol. The zero-order valence-corrected chi connectivity index (χ0v) is 8.61. The summed E-state index contributed by atoms with van der Waals surface area (Å²) in [5, 5.41) is 12.9. The minimum absolute atomic E-state index is 0.309. The second-order valence-electron chi connectivity index (χ2n) is 3.21. The van der Waals surface area contributed by atoms with Crippen molar-refractivity contribution >= 4 is 28.1 Å². The second-order valence-corrected chi connectivity index (χ2v) is 4.57. The largest absolute Gasteiger partial charge is 0.358 e. The van der Waals surface area contributed by atoms with E-state index >= 15 is 0 Å². The third-order valence-electron chi connectivity index (χ3n) is 2.11. The number of nitrogens with one attached hydrogen (secondary N) is 1. The van der Waals surface area contributed by atoms with Crippen LogP contribution in [-0.4, -0.2) is 11.0 Å². The van der Waals surface area contributed by atoms with E-state index in [2.05, 4.69) is 17.2 Å². The van der Waals surface area contributed by atoms with E-state index in [1.54, 1.807) is 0 Å². The Kier molecular flexibility index (Phi) is 2.14. The topological polar surface area (TPSA) is 48.7 Å². The molecule has 1 heterocycles. The maximum atomic E-state index is 8.64. The van der Waals surface area contributed by atoms with E-state index in [0.29, 0.717) is 22.0 Å². The number of hydrogen-bond donors (Lipinski definition) is 1. The molecule has 68 valence electrons. The molecule has 0 aromatic carbocycles. The molecule has 0 bridgehead atoms. The average Bonchev–Trinajstić information content (AvgIpc) is 2.62. The standard InChI is InChI=1S/C8H8ClN3S/c1-4-2-5(4)11-8-12-7(9)6(3-10)13-8/h4-5H,2H2,1H3,(H,11,12). The lowest BCUT2D eigenvalue weighted by atomic mass is 10.5. The summed E-state index contributed by atoms with van der Waals surface area (Å²) < 4.78 is 0. The fourth-order valence-corrected chi connectivity index (χ4v) is 2.12. The van der Waals surface area contributed by atoms with E-state index in [4.69, 9.17) is 16.9 Å². The lowest BCUT2D eigenvalue weighted by molar-refractivity contribution is 0.927. The lowest BCUT2D eigenvalue weighted by Gasteiger charge is -1.96. The zero-order valence-electron chi connectivity index (χ0n) is 7.04. The van der Waals surface area contributed by atoms with Gasteiger partial charge in [-0.1, -0.05) is 29.9 Å². The van der Waals surface area contributed by atoms with Gasteiger partial charge < -0.3 is 5.32 Å². The first-order valence-electron chi connectivity index (χ1n) is 4.03. The first-order chi connectivity index (χ1) is 6.20. The minimum atomic E-state index is 0.309. The van der Waals surface area contributed by atoms with Crippen molar-refractivity contribution in [3.63, 3.8) is 0 Å². The van der Waals surface area contributed by atoms with Gasteiger partial charge in [0.2, 0.25) is 0 Å². The van der Waals surface area contributed by atoms with Crippen molar-refractivity contribution in [2.75, 3.05) is 5.32 Å². The molecular weight excluding hydrogens is 206 g/mol. The van der Waals surface area contributed by atoms with Crippen molar-refractivity contribution in [3.05, 3.63) is 10.0 Å². The molecule has 3 nitrogen and oxygen atoms in total. The smallest absolute Gasteiger partial charge is 0.185 e. The monoisotopic (exact) mass is 213 g/mol. The molecule has 0 amide bonds. The maximum absolute atomic E-state index is 8.64. The van der Waals surface area contributed by atoms with Crippen molar-refractivity contribution in [1.29, 1.82) is 5.26 Å². The summed E-state index contributed by atoms with van der Waals surface area (Å²) in [6.07, 6.45) is 1.18. The van der Waals surface area contributed by atoms with Crippen LogP contribution in [0.5, 0.6) is 0 Å². The van der Waals surface area contributed by atoms with Crippen LogP contribution in [0.2, 0.25) is 5.15 Å². The van der Waals surface area contributed by atoms with Crippen LogP contribution in [0, 0.1) is 17.2 Å². The molecule has 1 aliphatic carbocycles. The molecule has 5 heteroatoms. The Balaban J connectivity index is 2.09. The summed E-state index contributed by atoms with van der Waals surface area (Å²) in [4.78, 5) is 4.53. The highest BCUT2D eigenvalue weighted by Crippen LogP contribution is 2.35. The van der Waals surface area contributed by atoms with Crippen LogP contribution in [0.3, 0.4) is 0 Å². The van der Waals surface area contributed by atoms with Gasteiger partial charge in [0.05, 0.1) is 0 Å². The third-order valence-corrected chi connectivity index (χ3v) is 3.38. The van der Waals surface area contributed by atoms with Gasteiger partial charge in [-0.25, -0.2) is 4.98 Å². The van der Waals surface area contributed by atoms with E-state index in [-0.39, 0.29) is 0 Å². The third kappa shape index (κ3) is 1.77. The molecule has 0 spiro atoms. The zero-order chi connectivity index (χ0) is 9.42.